The highest BCUT2D eigenvalue weighted by atomic mass is 32.2. The summed E-state index contributed by atoms with van der Waals surface area (Å²) in [6.45, 7) is 0. The Kier molecular flexibility index (Phi) is 4.56. The van der Waals surface area contributed by atoms with Crippen molar-refractivity contribution in [3.05, 3.63) is 65.4 Å². The maximum Gasteiger partial charge on any atom is 0.287 e. The Morgan fingerprint density at radius 3 is 3.00 bits per heavy atom. The predicted octanol–water partition coefficient (Wildman–Crippen LogP) is 2.98. The maximum atomic E-state index is 12.4. The fourth-order valence-electron chi connectivity index (χ4n) is 3.06. The van der Waals surface area contributed by atoms with Crippen LogP contribution in [0.15, 0.2) is 52.3 Å². The molecule has 2 heterocycles. The molecular weight excluding hydrogens is 336 g/mol. The average molecular weight is 354 g/mol. The van der Waals surface area contributed by atoms with Crippen molar-refractivity contribution in [3.63, 3.8) is 0 Å². The van der Waals surface area contributed by atoms with Crippen molar-refractivity contribution in [2.45, 2.75) is 36.2 Å². The molecule has 2 N–H and O–H groups in total. The molecule has 0 aliphatic heterocycles. The summed E-state index contributed by atoms with van der Waals surface area (Å²) in [5, 5.41) is 10.4. The van der Waals surface area contributed by atoms with E-state index in [4.69, 9.17) is 4.42 Å². The van der Waals surface area contributed by atoms with E-state index in [-0.39, 0.29) is 11.9 Å². The summed E-state index contributed by atoms with van der Waals surface area (Å²) in [5.74, 6) is 1.53. The minimum Gasteiger partial charge on any atom is -0.455 e. The van der Waals surface area contributed by atoms with Gasteiger partial charge in [0.1, 0.15) is 12.1 Å². The van der Waals surface area contributed by atoms with Crippen molar-refractivity contribution in [2.24, 2.45) is 0 Å². The quantitative estimate of drug-likeness (QED) is 0.688. The molecule has 4 rings (SSSR count). The van der Waals surface area contributed by atoms with Crippen LogP contribution in [0.1, 0.15) is 33.9 Å². The highest BCUT2D eigenvalue weighted by Crippen LogP contribution is 2.22. The van der Waals surface area contributed by atoms with Crippen LogP contribution in [0.5, 0.6) is 0 Å². The number of aromatic nitrogens is 3. The lowest BCUT2D eigenvalue weighted by molar-refractivity contribution is 0.0904. The molecule has 6 nitrogen and oxygen atoms in total. The lowest BCUT2D eigenvalue weighted by Gasteiger charge is -2.25. The number of thioether (sulfide) groups is 1. The van der Waals surface area contributed by atoms with Crippen LogP contribution in [-0.2, 0) is 18.6 Å². The zero-order chi connectivity index (χ0) is 17.1. The first-order valence-electron chi connectivity index (χ1n) is 8.22. The second-order valence-electron chi connectivity index (χ2n) is 6.03. The molecule has 1 aromatic carbocycles. The largest absolute Gasteiger partial charge is 0.455 e. The zero-order valence-electron chi connectivity index (χ0n) is 13.6. The van der Waals surface area contributed by atoms with E-state index in [0.29, 0.717) is 11.5 Å². The molecule has 25 heavy (non-hydrogen) atoms. The van der Waals surface area contributed by atoms with Crippen molar-refractivity contribution >= 4 is 17.7 Å². The summed E-state index contributed by atoms with van der Waals surface area (Å²) >= 11 is 1.48. The Bertz CT molecular complexity index is 860. The molecule has 1 atom stereocenters. The Balaban J connectivity index is 1.34. The summed E-state index contributed by atoms with van der Waals surface area (Å²) in [5.41, 5.74) is 2.71. The molecule has 0 bridgehead atoms. The van der Waals surface area contributed by atoms with Gasteiger partial charge in [0.25, 0.3) is 5.91 Å². The van der Waals surface area contributed by atoms with Crippen LogP contribution in [0.3, 0.4) is 0 Å². The van der Waals surface area contributed by atoms with E-state index in [0.717, 1.165) is 30.2 Å². The van der Waals surface area contributed by atoms with Gasteiger partial charge in [-0.25, -0.2) is 4.98 Å². The number of carbonyl (C=O) groups is 1. The number of carbonyl (C=O) groups excluding carboxylic acids is 1. The molecule has 0 spiro atoms. The normalized spacial score (nSPS) is 16.4. The van der Waals surface area contributed by atoms with Crippen molar-refractivity contribution in [2.75, 3.05) is 0 Å². The first-order valence-corrected chi connectivity index (χ1v) is 9.21. The number of rotatable bonds is 5. The number of benzene rings is 1. The van der Waals surface area contributed by atoms with Gasteiger partial charge in [-0.05, 0) is 42.5 Å². The smallest absolute Gasteiger partial charge is 0.287 e. The van der Waals surface area contributed by atoms with Crippen LogP contribution in [0.4, 0.5) is 0 Å². The lowest BCUT2D eigenvalue weighted by atomic mass is 9.88. The molecule has 1 aliphatic rings. The third-order valence-corrected chi connectivity index (χ3v) is 5.21. The molecular formula is C18H18N4O2S. The number of fused-ring (bicyclic) bond motifs is 1. The van der Waals surface area contributed by atoms with Crippen LogP contribution in [-0.4, -0.2) is 27.1 Å². The van der Waals surface area contributed by atoms with Gasteiger partial charge in [-0.3, -0.25) is 9.89 Å². The van der Waals surface area contributed by atoms with Crippen molar-refractivity contribution in [1.82, 2.24) is 20.5 Å². The van der Waals surface area contributed by atoms with Crippen LogP contribution < -0.4 is 5.32 Å². The first kappa shape index (κ1) is 16.0. The number of aromatic amines is 1. The van der Waals surface area contributed by atoms with Gasteiger partial charge in [0.15, 0.2) is 10.9 Å². The fraction of sp³-hybridized carbons (Fsp3) is 0.278. The number of aryl methyl sites for hydroxylation is 1. The molecule has 0 fully saturated rings. The van der Waals surface area contributed by atoms with Crippen molar-refractivity contribution in [3.8, 4) is 0 Å². The van der Waals surface area contributed by atoms with E-state index >= 15 is 0 Å². The Morgan fingerprint density at radius 1 is 1.28 bits per heavy atom. The summed E-state index contributed by atoms with van der Waals surface area (Å²) in [4.78, 5) is 16.5. The molecule has 0 unspecified atom stereocenters. The van der Waals surface area contributed by atoms with Crippen molar-refractivity contribution < 1.29 is 9.21 Å². The SMILES string of the molecule is O=C(N[C@H]1CCc2ccccc2C1)c1ccc(CSc2ncn[nH]2)o1. The van der Waals surface area contributed by atoms with Gasteiger partial charge in [0.2, 0.25) is 0 Å². The van der Waals surface area contributed by atoms with Gasteiger partial charge in [0, 0.05) is 6.04 Å². The van der Waals surface area contributed by atoms with Crippen LogP contribution in [0.2, 0.25) is 0 Å². The number of nitrogens with zero attached hydrogens (tertiary/aromatic N) is 2. The van der Waals surface area contributed by atoms with Gasteiger partial charge in [-0.2, -0.15) is 5.10 Å². The first-order chi connectivity index (χ1) is 12.3. The molecule has 1 amide bonds. The van der Waals surface area contributed by atoms with Crippen LogP contribution >= 0.6 is 11.8 Å². The average Bonchev–Trinajstić information content (AvgIpc) is 3.31. The highest BCUT2D eigenvalue weighted by Gasteiger charge is 2.21. The van der Waals surface area contributed by atoms with Gasteiger partial charge >= 0.3 is 0 Å². The number of furan rings is 1. The Labute approximate surface area is 149 Å². The summed E-state index contributed by atoms with van der Waals surface area (Å²) < 4.78 is 5.66. The number of H-pyrrole nitrogens is 1. The summed E-state index contributed by atoms with van der Waals surface area (Å²) in [6.07, 6.45) is 4.29. The minimum absolute atomic E-state index is 0.152. The number of nitrogens with one attached hydrogen (secondary N) is 2. The highest BCUT2D eigenvalue weighted by molar-refractivity contribution is 7.98. The molecule has 1 aliphatic carbocycles. The van der Waals surface area contributed by atoms with Gasteiger partial charge in [-0.15, -0.1) is 0 Å². The molecule has 0 radical (unpaired) electrons. The third-order valence-electron chi connectivity index (χ3n) is 4.31. The van der Waals surface area contributed by atoms with Crippen LogP contribution in [0.25, 0.3) is 0 Å². The molecule has 0 saturated carbocycles. The van der Waals surface area contributed by atoms with E-state index in [2.05, 4.69) is 38.7 Å². The predicted molar refractivity (Wildman–Crippen MR) is 94.4 cm³/mol. The minimum atomic E-state index is -0.153. The van der Waals surface area contributed by atoms with E-state index in [1.54, 1.807) is 6.07 Å². The van der Waals surface area contributed by atoms with Gasteiger partial charge < -0.3 is 9.73 Å². The fourth-order valence-corrected chi connectivity index (χ4v) is 3.73. The van der Waals surface area contributed by atoms with E-state index in [1.807, 2.05) is 12.1 Å². The third kappa shape index (κ3) is 3.76. The lowest BCUT2D eigenvalue weighted by Crippen LogP contribution is -2.38. The van der Waals surface area contributed by atoms with Crippen molar-refractivity contribution in [1.29, 1.82) is 0 Å². The topological polar surface area (TPSA) is 83.8 Å². The molecule has 3 aromatic rings. The number of hydrogen-bond donors (Lipinski definition) is 2. The van der Waals surface area contributed by atoms with E-state index < -0.39 is 0 Å². The molecule has 2 aromatic heterocycles. The zero-order valence-corrected chi connectivity index (χ0v) is 14.4. The summed E-state index contributed by atoms with van der Waals surface area (Å²) in [6, 6.07) is 12.1. The molecule has 0 saturated heterocycles. The van der Waals surface area contributed by atoms with Gasteiger partial charge in [0.05, 0.1) is 5.75 Å². The van der Waals surface area contributed by atoms with E-state index in [1.165, 1.54) is 29.2 Å². The van der Waals surface area contributed by atoms with E-state index in [9.17, 15) is 4.79 Å². The van der Waals surface area contributed by atoms with Gasteiger partial charge in [-0.1, -0.05) is 36.0 Å². The molecule has 7 heteroatoms. The maximum absolute atomic E-state index is 12.4. The standard InChI is InChI=1S/C18H18N4O2S/c23-17(21-14-6-5-12-3-1-2-4-13(12)9-14)16-8-7-15(24-16)10-25-18-19-11-20-22-18/h1-4,7-8,11,14H,5-6,9-10H2,(H,21,23)(H,19,20,22)/t14-/m0/s1. The second kappa shape index (κ2) is 7.14. The molecule has 128 valence electrons. The summed E-state index contributed by atoms with van der Waals surface area (Å²) in [7, 11) is 0. The number of amides is 1. The number of hydrogen-bond acceptors (Lipinski definition) is 5. The Morgan fingerprint density at radius 2 is 2.16 bits per heavy atom. The second-order valence-corrected chi connectivity index (χ2v) is 6.99. The Hall–Kier alpha value is -2.54. The monoisotopic (exact) mass is 354 g/mol. The van der Waals surface area contributed by atoms with Crippen LogP contribution in [0, 0.1) is 0 Å².